The molecule has 0 aromatic carbocycles. The molecule has 0 saturated heterocycles. The third kappa shape index (κ3) is 5.36. The van der Waals surface area contributed by atoms with Crippen LogP contribution < -0.4 is 10.6 Å². The van der Waals surface area contributed by atoms with Crippen molar-refractivity contribution in [1.29, 1.82) is 0 Å². The fourth-order valence-electron chi connectivity index (χ4n) is 3.57. The molecule has 9 heteroatoms. The van der Waals surface area contributed by atoms with Gasteiger partial charge >= 0.3 is 6.09 Å². The van der Waals surface area contributed by atoms with E-state index >= 15 is 0 Å². The van der Waals surface area contributed by atoms with Crippen molar-refractivity contribution >= 4 is 17.8 Å². The number of H-pyrrole nitrogens is 1. The monoisotopic (exact) mass is 403 g/mol. The molecule has 2 heterocycles. The third-order valence-electron chi connectivity index (χ3n) is 5.46. The second-order valence-electron chi connectivity index (χ2n) is 7.71. The minimum absolute atomic E-state index is 0.0810. The first-order valence-electron chi connectivity index (χ1n) is 10.1. The first-order valence-corrected chi connectivity index (χ1v) is 10.1. The summed E-state index contributed by atoms with van der Waals surface area (Å²) in [6.45, 7) is 7.46. The fraction of sp³-hybridized carbons (Fsp3) is 0.600. The van der Waals surface area contributed by atoms with Crippen LogP contribution in [0.5, 0.6) is 0 Å². The van der Waals surface area contributed by atoms with Gasteiger partial charge < -0.3 is 19.9 Å². The summed E-state index contributed by atoms with van der Waals surface area (Å²) in [7, 11) is 0. The van der Waals surface area contributed by atoms with Crippen LogP contribution in [0, 0.1) is 13.8 Å². The van der Waals surface area contributed by atoms with Crippen LogP contribution in [0.1, 0.15) is 68.2 Å². The van der Waals surface area contributed by atoms with Crippen LogP contribution in [-0.2, 0) is 16.0 Å². The summed E-state index contributed by atoms with van der Waals surface area (Å²) in [5.41, 5.74) is 2.47. The van der Waals surface area contributed by atoms with E-state index in [4.69, 9.17) is 9.26 Å². The van der Waals surface area contributed by atoms with Gasteiger partial charge in [0, 0.05) is 29.3 Å². The van der Waals surface area contributed by atoms with Gasteiger partial charge in [0.05, 0.1) is 12.1 Å². The first kappa shape index (κ1) is 20.9. The molecule has 3 N–H and O–H groups in total. The number of ether oxygens (including phenoxy) is 1. The molecule has 1 saturated carbocycles. The molecule has 0 bridgehead atoms. The molecule has 1 aliphatic carbocycles. The Hall–Kier alpha value is -2.84. The molecule has 2 aromatic rings. The Balaban J connectivity index is 1.50. The van der Waals surface area contributed by atoms with E-state index in [1.807, 2.05) is 26.8 Å². The van der Waals surface area contributed by atoms with Crippen LogP contribution in [0.15, 0.2) is 10.6 Å². The Labute approximate surface area is 169 Å². The average Bonchev–Trinajstić information content (AvgIpc) is 3.39. The lowest BCUT2D eigenvalue weighted by atomic mass is 10.0. The van der Waals surface area contributed by atoms with E-state index in [1.54, 1.807) is 6.92 Å². The van der Waals surface area contributed by atoms with Gasteiger partial charge in [0.1, 0.15) is 11.9 Å². The SMILES string of the molecule is CC[C@H](C)OC(=O)N[C@@H]1CC[C@H](c2cc(NC(=O)Cc3c(C)noc3C)n[nH]2)C1. The Morgan fingerprint density at radius 2 is 2.17 bits per heavy atom. The average molecular weight is 403 g/mol. The highest BCUT2D eigenvalue weighted by Gasteiger charge is 2.29. The van der Waals surface area contributed by atoms with E-state index in [2.05, 4.69) is 26.0 Å². The summed E-state index contributed by atoms with van der Waals surface area (Å²) in [4.78, 5) is 24.2. The fourth-order valence-corrected chi connectivity index (χ4v) is 3.57. The number of nitrogens with zero attached hydrogens (tertiary/aromatic N) is 2. The number of aromatic nitrogens is 3. The lowest BCUT2D eigenvalue weighted by Gasteiger charge is -2.16. The van der Waals surface area contributed by atoms with Gasteiger partial charge in [0.25, 0.3) is 0 Å². The summed E-state index contributed by atoms with van der Waals surface area (Å²) in [5, 5.41) is 16.8. The molecule has 1 fully saturated rings. The van der Waals surface area contributed by atoms with Gasteiger partial charge in [0.2, 0.25) is 5.91 Å². The summed E-state index contributed by atoms with van der Waals surface area (Å²) in [6, 6.07) is 1.94. The van der Waals surface area contributed by atoms with Gasteiger partial charge in [-0.25, -0.2) is 4.79 Å². The van der Waals surface area contributed by atoms with E-state index in [1.165, 1.54) is 0 Å². The van der Waals surface area contributed by atoms with Gasteiger partial charge in [-0.15, -0.1) is 0 Å². The van der Waals surface area contributed by atoms with Gasteiger partial charge in [0.15, 0.2) is 5.82 Å². The molecule has 3 rings (SSSR count). The van der Waals surface area contributed by atoms with E-state index in [-0.39, 0.29) is 36.5 Å². The molecule has 29 heavy (non-hydrogen) atoms. The molecule has 0 spiro atoms. The second-order valence-corrected chi connectivity index (χ2v) is 7.71. The van der Waals surface area contributed by atoms with Crippen molar-refractivity contribution < 1.29 is 18.8 Å². The largest absolute Gasteiger partial charge is 0.447 e. The summed E-state index contributed by atoms with van der Waals surface area (Å²) >= 11 is 0. The molecular weight excluding hydrogens is 374 g/mol. The van der Waals surface area contributed by atoms with Crippen molar-refractivity contribution in [2.75, 3.05) is 5.32 Å². The minimum atomic E-state index is -0.359. The number of alkyl carbamates (subject to hydrolysis) is 1. The Bertz CT molecular complexity index is 839. The van der Waals surface area contributed by atoms with Crippen molar-refractivity contribution in [2.45, 2.75) is 77.9 Å². The maximum atomic E-state index is 12.3. The van der Waals surface area contributed by atoms with Crippen LogP contribution in [-0.4, -0.2) is 39.5 Å². The highest BCUT2D eigenvalue weighted by molar-refractivity contribution is 5.91. The van der Waals surface area contributed by atoms with E-state index in [0.717, 1.165) is 42.6 Å². The summed E-state index contributed by atoms with van der Waals surface area (Å²) in [5.74, 6) is 1.22. The van der Waals surface area contributed by atoms with Gasteiger partial charge in [-0.3, -0.25) is 9.89 Å². The van der Waals surface area contributed by atoms with Gasteiger partial charge in [-0.05, 0) is 46.5 Å². The van der Waals surface area contributed by atoms with Crippen LogP contribution in [0.4, 0.5) is 10.6 Å². The summed E-state index contributed by atoms with van der Waals surface area (Å²) in [6.07, 6.45) is 3.16. The van der Waals surface area contributed by atoms with E-state index < -0.39 is 0 Å². The number of aromatic amines is 1. The zero-order valence-electron chi connectivity index (χ0n) is 17.4. The smallest absolute Gasteiger partial charge is 0.407 e. The normalized spacial score (nSPS) is 19.7. The van der Waals surface area contributed by atoms with Crippen LogP contribution in [0.25, 0.3) is 0 Å². The van der Waals surface area contributed by atoms with Crippen molar-refractivity contribution in [2.24, 2.45) is 0 Å². The van der Waals surface area contributed by atoms with Crippen molar-refractivity contribution in [1.82, 2.24) is 20.7 Å². The number of rotatable bonds is 7. The predicted molar refractivity (Wildman–Crippen MR) is 107 cm³/mol. The number of carbonyl (C=O) groups is 2. The number of carbonyl (C=O) groups excluding carboxylic acids is 2. The quantitative estimate of drug-likeness (QED) is 0.652. The lowest BCUT2D eigenvalue weighted by Crippen LogP contribution is -2.35. The van der Waals surface area contributed by atoms with E-state index in [0.29, 0.717) is 11.6 Å². The summed E-state index contributed by atoms with van der Waals surface area (Å²) < 4.78 is 10.4. The molecule has 0 aliphatic heterocycles. The molecule has 0 radical (unpaired) electrons. The highest BCUT2D eigenvalue weighted by Crippen LogP contribution is 2.34. The number of hydrogen-bond acceptors (Lipinski definition) is 6. The molecule has 2 amide bonds. The molecule has 0 unspecified atom stereocenters. The second kappa shape index (κ2) is 9.11. The zero-order chi connectivity index (χ0) is 21.0. The van der Waals surface area contributed by atoms with Crippen molar-refractivity contribution in [3.8, 4) is 0 Å². The number of amides is 2. The van der Waals surface area contributed by atoms with Crippen LogP contribution >= 0.6 is 0 Å². The Morgan fingerprint density at radius 3 is 2.86 bits per heavy atom. The third-order valence-corrected chi connectivity index (χ3v) is 5.46. The number of nitrogens with one attached hydrogen (secondary N) is 3. The maximum Gasteiger partial charge on any atom is 0.407 e. The molecule has 1 aliphatic rings. The molecule has 9 nitrogen and oxygen atoms in total. The van der Waals surface area contributed by atoms with Crippen molar-refractivity contribution in [3.05, 3.63) is 28.8 Å². The highest BCUT2D eigenvalue weighted by atomic mass is 16.6. The maximum absolute atomic E-state index is 12.3. The molecular formula is C20H29N5O4. The topological polar surface area (TPSA) is 122 Å². The number of anilines is 1. The number of aryl methyl sites for hydroxylation is 2. The zero-order valence-corrected chi connectivity index (χ0v) is 17.4. The molecule has 2 aromatic heterocycles. The molecule has 158 valence electrons. The van der Waals surface area contributed by atoms with Gasteiger partial charge in [-0.2, -0.15) is 5.10 Å². The van der Waals surface area contributed by atoms with Gasteiger partial charge in [-0.1, -0.05) is 12.1 Å². The van der Waals surface area contributed by atoms with E-state index in [9.17, 15) is 9.59 Å². The first-order chi connectivity index (χ1) is 13.9. The standard InChI is InChI=1S/C20H29N5O4/c1-5-11(2)28-20(27)21-15-7-6-14(8-15)17-10-18(24-23-17)22-19(26)9-16-12(3)25-29-13(16)4/h10-11,14-15H,5-9H2,1-4H3,(H,21,27)(H2,22,23,24,26)/t11-,14-,15+/m0/s1. The van der Waals surface area contributed by atoms with Crippen molar-refractivity contribution in [3.63, 3.8) is 0 Å². The minimum Gasteiger partial charge on any atom is -0.447 e. The Morgan fingerprint density at radius 1 is 1.38 bits per heavy atom. The van der Waals surface area contributed by atoms with Crippen LogP contribution in [0.3, 0.4) is 0 Å². The lowest BCUT2D eigenvalue weighted by molar-refractivity contribution is -0.115. The predicted octanol–water partition coefficient (Wildman–Crippen LogP) is 3.36. The Kier molecular flexibility index (Phi) is 6.56. The number of hydrogen-bond donors (Lipinski definition) is 3. The van der Waals surface area contributed by atoms with Crippen LogP contribution in [0.2, 0.25) is 0 Å². The molecule has 3 atom stereocenters.